The molecule has 0 atom stereocenters. The molecule has 0 fully saturated rings. The van der Waals surface area contributed by atoms with Gasteiger partial charge in [0.2, 0.25) is 5.91 Å². The number of para-hydroxylation sites is 2. The second kappa shape index (κ2) is 6.36. The lowest BCUT2D eigenvalue weighted by molar-refractivity contribution is -0.117. The zero-order valence-corrected chi connectivity index (χ0v) is 12.4. The summed E-state index contributed by atoms with van der Waals surface area (Å²) in [5.41, 5.74) is 6.56. The Kier molecular flexibility index (Phi) is 4.10. The monoisotopic (exact) mass is 308 g/mol. The van der Waals surface area contributed by atoms with E-state index in [-0.39, 0.29) is 24.6 Å². The first-order chi connectivity index (χ1) is 11.1. The van der Waals surface area contributed by atoms with Crippen LogP contribution in [0, 0.1) is 0 Å². The number of benzene rings is 2. The standard InChI is InChI=1S/C18H16N2O3/c19-17(21)10-11-20(14-7-2-1-3-8-14)18(22)16-12-13-6-4-5-9-15(13)23-16/h1-9,12H,10-11H2,(H2,19,21). The molecule has 2 amide bonds. The molecular formula is C18H16N2O3. The first-order valence-corrected chi connectivity index (χ1v) is 7.29. The predicted molar refractivity (Wildman–Crippen MR) is 88.1 cm³/mol. The van der Waals surface area contributed by atoms with Gasteiger partial charge >= 0.3 is 0 Å². The largest absolute Gasteiger partial charge is 0.451 e. The number of hydrogen-bond donors (Lipinski definition) is 1. The minimum Gasteiger partial charge on any atom is -0.451 e. The van der Waals surface area contributed by atoms with Crippen molar-refractivity contribution in [1.82, 2.24) is 0 Å². The lowest BCUT2D eigenvalue weighted by Crippen LogP contribution is -2.33. The molecule has 1 aromatic heterocycles. The first kappa shape index (κ1) is 14.8. The highest BCUT2D eigenvalue weighted by molar-refractivity contribution is 6.06. The normalized spacial score (nSPS) is 10.6. The van der Waals surface area contributed by atoms with E-state index in [1.165, 1.54) is 4.90 Å². The van der Waals surface area contributed by atoms with Gasteiger partial charge in [0.05, 0.1) is 0 Å². The second-order valence-corrected chi connectivity index (χ2v) is 5.16. The van der Waals surface area contributed by atoms with E-state index in [0.717, 1.165) is 5.39 Å². The summed E-state index contributed by atoms with van der Waals surface area (Å²) in [5, 5.41) is 0.860. The number of carbonyl (C=O) groups is 2. The maximum atomic E-state index is 12.8. The van der Waals surface area contributed by atoms with Gasteiger partial charge in [-0.05, 0) is 24.3 Å². The average molecular weight is 308 g/mol. The number of nitrogens with zero attached hydrogens (tertiary/aromatic N) is 1. The minimum absolute atomic E-state index is 0.0842. The number of carbonyl (C=O) groups excluding carboxylic acids is 2. The SMILES string of the molecule is NC(=O)CCN(C(=O)c1cc2ccccc2o1)c1ccccc1. The number of hydrogen-bond acceptors (Lipinski definition) is 3. The van der Waals surface area contributed by atoms with E-state index < -0.39 is 5.91 Å². The van der Waals surface area contributed by atoms with Crippen molar-refractivity contribution in [3.8, 4) is 0 Å². The van der Waals surface area contributed by atoms with Crippen LogP contribution in [0.2, 0.25) is 0 Å². The van der Waals surface area contributed by atoms with Gasteiger partial charge in [-0.1, -0.05) is 36.4 Å². The summed E-state index contributed by atoms with van der Waals surface area (Å²) in [6.45, 7) is 0.204. The van der Waals surface area contributed by atoms with E-state index in [2.05, 4.69) is 0 Å². The third kappa shape index (κ3) is 3.23. The van der Waals surface area contributed by atoms with Crippen LogP contribution in [0.5, 0.6) is 0 Å². The molecule has 5 nitrogen and oxygen atoms in total. The van der Waals surface area contributed by atoms with Gasteiger partial charge in [-0.15, -0.1) is 0 Å². The fraction of sp³-hybridized carbons (Fsp3) is 0.111. The van der Waals surface area contributed by atoms with Crippen molar-refractivity contribution in [3.05, 3.63) is 66.4 Å². The molecule has 0 saturated heterocycles. The van der Waals surface area contributed by atoms with Gasteiger partial charge in [0.15, 0.2) is 5.76 Å². The third-order valence-electron chi connectivity index (χ3n) is 3.53. The number of fused-ring (bicyclic) bond motifs is 1. The summed E-state index contributed by atoms with van der Waals surface area (Å²) in [6.07, 6.45) is 0.0842. The number of furan rings is 1. The Bertz CT molecular complexity index is 807. The molecule has 0 spiro atoms. The van der Waals surface area contributed by atoms with Crippen molar-refractivity contribution in [2.75, 3.05) is 11.4 Å². The summed E-state index contributed by atoms with van der Waals surface area (Å²) in [6, 6.07) is 18.3. The Labute approximate surface area is 133 Å². The number of anilines is 1. The molecule has 0 bridgehead atoms. The number of amides is 2. The predicted octanol–water partition coefficient (Wildman–Crippen LogP) is 2.96. The molecule has 5 heteroatoms. The van der Waals surface area contributed by atoms with Crippen molar-refractivity contribution < 1.29 is 14.0 Å². The lowest BCUT2D eigenvalue weighted by Gasteiger charge is -2.21. The van der Waals surface area contributed by atoms with E-state index in [1.807, 2.05) is 54.6 Å². The van der Waals surface area contributed by atoms with Gasteiger partial charge in [0, 0.05) is 24.0 Å². The maximum absolute atomic E-state index is 12.8. The van der Waals surface area contributed by atoms with Gasteiger partial charge in [0.25, 0.3) is 5.91 Å². The quantitative estimate of drug-likeness (QED) is 0.787. The Balaban J connectivity index is 1.94. The summed E-state index contributed by atoms with van der Waals surface area (Å²) in [7, 11) is 0. The smallest absolute Gasteiger partial charge is 0.294 e. The van der Waals surface area contributed by atoms with Crippen LogP contribution in [-0.4, -0.2) is 18.4 Å². The summed E-state index contributed by atoms with van der Waals surface area (Å²) >= 11 is 0. The zero-order chi connectivity index (χ0) is 16.2. The van der Waals surface area contributed by atoms with Crippen LogP contribution < -0.4 is 10.6 Å². The molecule has 0 aliphatic rings. The Morgan fingerprint density at radius 3 is 2.39 bits per heavy atom. The van der Waals surface area contributed by atoms with E-state index in [0.29, 0.717) is 11.3 Å². The van der Waals surface area contributed by atoms with Gasteiger partial charge in [-0.3, -0.25) is 9.59 Å². The highest BCUT2D eigenvalue weighted by Crippen LogP contribution is 2.23. The van der Waals surface area contributed by atoms with E-state index in [4.69, 9.17) is 10.2 Å². The van der Waals surface area contributed by atoms with Crippen LogP contribution in [-0.2, 0) is 4.79 Å². The molecule has 116 valence electrons. The highest BCUT2D eigenvalue weighted by atomic mass is 16.3. The number of primary amides is 1. The third-order valence-corrected chi connectivity index (χ3v) is 3.53. The van der Waals surface area contributed by atoms with Crippen LogP contribution in [0.1, 0.15) is 17.0 Å². The lowest BCUT2D eigenvalue weighted by atomic mass is 10.2. The van der Waals surface area contributed by atoms with Gasteiger partial charge in [-0.2, -0.15) is 0 Å². The molecule has 0 unspecified atom stereocenters. The molecule has 0 aliphatic carbocycles. The van der Waals surface area contributed by atoms with Crippen molar-refractivity contribution in [1.29, 1.82) is 0 Å². The van der Waals surface area contributed by atoms with Crippen molar-refractivity contribution >= 4 is 28.5 Å². The molecule has 3 rings (SSSR count). The Morgan fingerprint density at radius 1 is 1.00 bits per heavy atom. The molecule has 0 radical (unpaired) electrons. The molecule has 2 aromatic carbocycles. The van der Waals surface area contributed by atoms with Crippen LogP contribution in [0.4, 0.5) is 5.69 Å². The second-order valence-electron chi connectivity index (χ2n) is 5.16. The van der Waals surface area contributed by atoms with Crippen LogP contribution in [0.15, 0.2) is 65.1 Å². The Morgan fingerprint density at radius 2 is 1.70 bits per heavy atom. The van der Waals surface area contributed by atoms with Gasteiger partial charge in [0.1, 0.15) is 5.58 Å². The fourth-order valence-corrected chi connectivity index (χ4v) is 2.40. The topological polar surface area (TPSA) is 76.5 Å². The molecule has 2 N–H and O–H groups in total. The number of nitrogens with two attached hydrogens (primary N) is 1. The molecule has 0 aliphatic heterocycles. The van der Waals surface area contributed by atoms with E-state index in [1.54, 1.807) is 6.07 Å². The minimum atomic E-state index is -0.455. The van der Waals surface area contributed by atoms with Crippen LogP contribution >= 0.6 is 0 Å². The molecule has 1 heterocycles. The van der Waals surface area contributed by atoms with Crippen molar-refractivity contribution in [3.63, 3.8) is 0 Å². The van der Waals surface area contributed by atoms with E-state index in [9.17, 15) is 9.59 Å². The maximum Gasteiger partial charge on any atom is 0.294 e. The van der Waals surface area contributed by atoms with Crippen LogP contribution in [0.25, 0.3) is 11.0 Å². The number of rotatable bonds is 5. The summed E-state index contributed by atoms with van der Waals surface area (Å²) in [5.74, 6) is -0.517. The summed E-state index contributed by atoms with van der Waals surface area (Å²) in [4.78, 5) is 25.4. The molecular weight excluding hydrogens is 292 g/mol. The highest BCUT2D eigenvalue weighted by Gasteiger charge is 2.21. The Hall–Kier alpha value is -3.08. The van der Waals surface area contributed by atoms with Gasteiger partial charge < -0.3 is 15.1 Å². The molecule has 3 aromatic rings. The first-order valence-electron chi connectivity index (χ1n) is 7.29. The van der Waals surface area contributed by atoms with Gasteiger partial charge in [-0.25, -0.2) is 0 Å². The zero-order valence-electron chi connectivity index (χ0n) is 12.4. The van der Waals surface area contributed by atoms with Crippen molar-refractivity contribution in [2.24, 2.45) is 5.73 Å². The summed E-state index contributed by atoms with van der Waals surface area (Å²) < 4.78 is 5.63. The molecule has 0 saturated carbocycles. The average Bonchev–Trinajstić information content (AvgIpc) is 2.99. The fourth-order valence-electron chi connectivity index (χ4n) is 2.40. The molecule has 23 heavy (non-hydrogen) atoms. The van der Waals surface area contributed by atoms with E-state index >= 15 is 0 Å². The van der Waals surface area contributed by atoms with Crippen LogP contribution in [0.3, 0.4) is 0 Å². The van der Waals surface area contributed by atoms with Crippen molar-refractivity contribution in [2.45, 2.75) is 6.42 Å².